The highest BCUT2D eigenvalue weighted by Gasteiger charge is 2.09. The fraction of sp³-hybridized carbons (Fsp3) is 0.154. The number of aryl methyl sites for hydroxylation is 1. The monoisotopic (exact) mass is 243 g/mol. The zero-order chi connectivity index (χ0) is 13.1. The molecular formula is C13H13N3O2. The van der Waals surface area contributed by atoms with Crippen molar-refractivity contribution >= 4 is 11.6 Å². The first-order valence-corrected chi connectivity index (χ1v) is 5.51. The summed E-state index contributed by atoms with van der Waals surface area (Å²) in [6.45, 7) is 3.16. The van der Waals surface area contributed by atoms with Crippen molar-refractivity contribution in [3.63, 3.8) is 0 Å². The predicted molar refractivity (Wildman–Crippen MR) is 69.3 cm³/mol. The van der Waals surface area contributed by atoms with Gasteiger partial charge in [0.2, 0.25) is 5.91 Å². The lowest BCUT2D eigenvalue weighted by Crippen LogP contribution is -2.18. The van der Waals surface area contributed by atoms with Gasteiger partial charge in [-0.2, -0.15) is 0 Å². The van der Waals surface area contributed by atoms with E-state index in [1.807, 2.05) is 18.2 Å². The topological polar surface area (TPSA) is 74.8 Å². The fourth-order valence-corrected chi connectivity index (χ4v) is 1.69. The van der Waals surface area contributed by atoms with Crippen LogP contribution < -0.4 is 10.9 Å². The Labute approximate surface area is 104 Å². The van der Waals surface area contributed by atoms with Gasteiger partial charge in [-0.25, -0.2) is 0 Å². The van der Waals surface area contributed by atoms with E-state index in [2.05, 4.69) is 15.3 Å². The van der Waals surface area contributed by atoms with Crippen LogP contribution in [0, 0.1) is 6.92 Å². The van der Waals surface area contributed by atoms with Crippen LogP contribution in [0.25, 0.3) is 11.3 Å². The molecule has 0 spiro atoms. The van der Waals surface area contributed by atoms with Crippen LogP contribution in [0.5, 0.6) is 0 Å². The molecule has 0 aliphatic rings. The molecule has 0 aliphatic heterocycles. The molecule has 0 bridgehead atoms. The molecule has 18 heavy (non-hydrogen) atoms. The SMILES string of the molecule is CC(=O)Nc1cc(-c2ccccn2)c(C)[nH]c1=O. The largest absolute Gasteiger partial charge is 0.324 e. The molecule has 0 aliphatic carbocycles. The Morgan fingerprint density at radius 1 is 1.39 bits per heavy atom. The van der Waals surface area contributed by atoms with E-state index < -0.39 is 0 Å². The van der Waals surface area contributed by atoms with Gasteiger partial charge in [-0.05, 0) is 25.1 Å². The number of anilines is 1. The molecule has 92 valence electrons. The van der Waals surface area contributed by atoms with Crippen molar-refractivity contribution in [2.45, 2.75) is 13.8 Å². The average Bonchev–Trinajstić information content (AvgIpc) is 2.33. The van der Waals surface area contributed by atoms with Crippen molar-refractivity contribution in [3.8, 4) is 11.3 Å². The molecule has 5 heteroatoms. The van der Waals surface area contributed by atoms with E-state index in [-0.39, 0.29) is 17.2 Å². The third kappa shape index (κ3) is 2.45. The summed E-state index contributed by atoms with van der Waals surface area (Å²) in [5, 5.41) is 2.50. The van der Waals surface area contributed by atoms with E-state index in [1.165, 1.54) is 6.92 Å². The van der Waals surface area contributed by atoms with E-state index in [0.717, 1.165) is 11.3 Å². The van der Waals surface area contributed by atoms with Gasteiger partial charge in [0.1, 0.15) is 5.69 Å². The number of nitrogens with zero attached hydrogens (tertiary/aromatic N) is 1. The van der Waals surface area contributed by atoms with E-state index in [1.54, 1.807) is 19.2 Å². The molecule has 0 atom stereocenters. The summed E-state index contributed by atoms with van der Waals surface area (Å²) in [7, 11) is 0. The number of H-pyrrole nitrogens is 1. The molecule has 2 aromatic rings. The fourth-order valence-electron chi connectivity index (χ4n) is 1.69. The van der Waals surface area contributed by atoms with Gasteiger partial charge >= 0.3 is 0 Å². The Morgan fingerprint density at radius 2 is 2.17 bits per heavy atom. The first-order valence-electron chi connectivity index (χ1n) is 5.51. The standard InChI is InChI=1S/C13H13N3O2/c1-8-10(11-5-3-4-6-14-11)7-12(13(18)15-8)16-9(2)17/h3-7H,1-2H3,(H,15,18)(H,16,17). The lowest BCUT2D eigenvalue weighted by atomic mass is 10.1. The highest BCUT2D eigenvalue weighted by molar-refractivity contribution is 5.89. The molecule has 0 radical (unpaired) electrons. The van der Waals surface area contributed by atoms with Crippen molar-refractivity contribution in [1.82, 2.24) is 9.97 Å². The highest BCUT2D eigenvalue weighted by Crippen LogP contribution is 2.20. The van der Waals surface area contributed by atoms with Gasteiger partial charge in [-0.15, -0.1) is 0 Å². The third-order valence-electron chi connectivity index (χ3n) is 2.49. The van der Waals surface area contributed by atoms with Gasteiger partial charge in [0.15, 0.2) is 0 Å². The van der Waals surface area contributed by atoms with Crippen LogP contribution in [-0.2, 0) is 4.79 Å². The maximum atomic E-state index is 11.7. The summed E-state index contributed by atoms with van der Waals surface area (Å²) < 4.78 is 0. The first kappa shape index (κ1) is 12.0. The van der Waals surface area contributed by atoms with Gasteiger partial charge in [-0.3, -0.25) is 14.6 Å². The maximum Gasteiger partial charge on any atom is 0.271 e. The van der Waals surface area contributed by atoms with E-state index >= 15 is 0 Å². The van der Waals surface area contributed by atoms with Crippen LogP contribution in [0.15, 0.2) is 35.3 Å². The zero-order valence-corrected chi connectivity index (χ0v) is 10.2. The summed E-state index contributed by atoms with van der Waals surface area (Å²) >= 11 is 0. The molecule has 2 rings (SSSR count). The minimum atomic E-state index is -0.317. The van der Waals surface area contributed by atoms with Crippen molar-refractivity contribution in [3.05, 3.63) is 46.5 Å². The molecule has 0 saturated carbocycles. The van der Waals surface area contributed by atoms with Gasteiger partial charge in [-0.1, -0.05) is 6.07 Å². The molecular weight excluding hydrogens is 230 g/mol. The summed E-state index contributed by atoms with van der Waals surface area (Å²) in [5.41, 5.74) is 2.17. The molecule has 1 amide bonds. The quantitative estimate of drug-likeness (QED) is 0.843. The minimum absolute atomic E-state index is 0.230. The van der Waals surface area contributed by atoms with Gasteiger partial charge in [0, 0.05) is 24.4 Å². The second-order valence-electron chi connectivity index (χ2n) is 3.95. The van der Waals surface area contributed by atoms with Gasteiger partial charge < -0.3 is 10.3 Å². The molecule has 5 nitrogen and oxygen atoms in total. The van der Waals surface area contributed by atoms with E-state index in [9.17, 15) is 9.59 Å². The lowest BCUT2D eigenvalue weighted by molar-refractivity contribution is -0.114. The minimum Gasteiger partial charge on any atom is -0.324 e. The van der Waals surface area contributed by atoms with Crippen LogP contribution >= 0.6 is 0 Å². The number of hydrogen-bond donors (Lipinski definition) is 2. The second-order valence-corrected chi connectivity index (χ2v) is 3.95. The van der Waals surface area contributed by atoms with Gasteiger partial charge in [0.05, 0.1) is 5.69 Å². The molecule has 0 aromatic carbocycles. The maximum absolute atomic E-state index is 11.7. The second kappa shape index (κ2) is 4.83. The normalized spacial score (nSPS) is 10.1. The molecule has 2 heterocycles. The number of carbonyl (C=O) groups excluding carboxylic acids is 1. The Hall–Kier alpha value is -2.43. The number of nitrogens with one attached hydrogen (secondary N) is 2. The number of carbonyl (C=O) groups is 1. The Bertz CT molecular complexity index is 632. The van der Waals surface area contributed by atoms with E-state index in [0.29, 0.717) is 5.69 Å². The van der Waals surface area contributed by atoms with Crippen LogP contribution in [0.4, 0.5) is 5.69 Å². The molecule has 2 N–H and O–H groups in total. The lowest BCUT2D eigenvalue weighted by Gasteiger charge is -2.08. The van der Waals surface area contributed by atoms with Crippen molar-refractivity contribution in [1.29, 1.82) is 0 Å². The third-order valence-corrected chi connectivity index (χ3v) is 2.49. The van der Waals surface area contributed by atoms with Crippen molar-refractivity contribution in [2.24, 2.45) is 0 Å². The summed E-state index contributed by atoms with van der Waals surface area (Å²) in [5.74, 6) is -0.281. The Kier molecular flexibility index (Phi) is 3.23. The first-order chi connectivity index (χ1) is 8.58. The zero-order valence-electron chi connectivity index (χ0n) is 10.2. The Morgan fingerprint density at radius 3 is 2.78 bits per heavy atom. The summed E-state index contributed by atoms with van der Waals surface area (Å²) in [4.78, 5) is 29.6. The smallest absolute Gasteiger partial charge is 0.271 e. The Balaban J connectivity index is 2.55. The number of rotatable bonds is 2. The highest BCUT2D eigenvalue weighted by atomic mass is 16.2. The predicted octanol–water partition coefficient (Wildman–Crippen LogP) is 1.70. The molecule has 2 aromatic heterocycles. The molecule has 0 saturated heterocycles. The molecule has 0 unspecified atom stereocenters. The van der Waals surface area contributed by atoms with Crippen LogP contribution in [-0.4, -0.2) is 15.9 Å². The van der Waals surface area contributed by atoms with Crippen LogP contribution in [0.2, 0.25) is 0 Å². The number of hydrogen-bond acceptors (Lipinski definition) is 3. The van der Waals surface area contributed by atoms with E-state index in [4.69, 9.17) is 0 Å². The van der Waals surface area contributed by atoms with Crippen molar-refractivity contribution < 1.29 is 4.79 Å². The number of amides is 1. The summed E-state index contributed by atoms with van der Waals surface area (Å²) in [6, 6.07) is 7.17. The number of pyridine rings is 2. The van der Waals surface area contributed by atoms with Crippen LogP contribution in [0.3, 0.4) is 0 Å². The number of aromatic nitrogens is 2. The van der Waals surface area contributed by atoms with Gasteiger partial charge in [0.25, 0.3) is 5.56 Å². The average molecular weight is 243 g/mol. The number of aromatic amines is 1. The summed E-state index contributed by atoms with van der Waals surface area (Å²) in [6.07, 6.45) is 1.68. The van der Waals surface area contributed by atoms with Crippen LogP contribution in [0.1, 0.15) is 12.6 Å². The van der Waals surface area contributed by atoms with Crippen molar-refractivity contribution in [2.75, 3.05) is 5.32 Å². The molecule has 0 fully saturated rings.